The van der Waals surface area contributed by atoms with Crippen molar-refractivity contribution < 1.29 is 62.8 Å². The molecule has 0 spiro atoms. The van der Waals surface area contributed by atoms with E-state index in [2.05, 4.69) is 5.32 Å². The van der Waals surface area contributed by atoms with Gasteiger partial charge in [0.15, 0.2) is 12.6 Å². The van der Waals surface area contributed by atoms with Crippen molar-refractivity contribution in [1.82, 2.24) is 15.1 Å². The zero-order valence-corrected chi connectivity index (χ0v) is 41.2. The molecule has 4 aliphatic rings. The number of amides is 1. The van der Waals surface area contributed by atoms with Gasteiger partial charge in [-0.3, -0.25) is 14.5 Å². The summed E-state index contributed by atoms with van der Waals surface area (Å²) in [5.41, 5.74) is -0.386. The molecular weight excluding hydrogens is 839 g/mol. The van der Waals surface area contributed by atoms with Gasteiger partial charge in [-0.05, 0) is 93.1 Å². The predicted molar refractivity (Wildman–Crippen MR) is 244 cm³/mol. The highest BCUT2D eigenvalue weighted by Gasteiger charge is 2.52. The number of likely N-dealkylation sites (N-methyl/N-ethyl adjacent to an activating group) is 2. The Bertz CT molecular complexity index is 1740. The van der Waals surface area contributed by atoms with Crippen LogP contribution in [0.2, 0.25) is 0 Å². The Morgan fingerprint density at radius 2 is 1.65 bits per heavy atom. The number of nitrogens with zero attached hydrogens (tertiary/aromatic N) is 2. The fourth-order valence-electron chi connectivity index (χ4n) is 10.3. The molecule has 1 amide bonds. The maximum atomic E-state index is 14.7. The molecule has 0 aliphatic carbocycles. The third kappa shape index (κ3) is 12.9. The van der Waals surface area contributed by atoms with E-state index in [-0.39, 0.29) is 55.9 Å². The standard InChI is InChI=1S/C49H81N3O13/c1-28-25-49(8,59-13)45(65-47-42(55)37(51(9)10)23-29(2)61-47)30(3)43(64-40-26-48(7,58-12)44(56)33(6)62-40)31(4)46(57)63-35(27-52(11)32(5)41(28)54)20-21-50-39(53)24-34-17-14-15-18-36(34)38-19-16-22-60-38/h14-15,17-19,28-33,35,37,40-45,47,54-56H,16,20-27H2,1-13H3,(H,50,53)/t28-,29-,30+,31-,32+,33+,35-,37+,40?,41+,42-,43+,44+,45-,47+,48-,49-/m1/s1. The summed E-state index contributed by atoms with van der Waals surface area (Å²) in [5, 5.41) is 37.9. The zero-order valence-electron chi connectivity index (χ0n) is 41.2. The summed E-state index contributed by atoms with van der Waals surface area (Å²) >= 11 is 0. The highest BCUT2D eigenvalue weighted by Crippen LogP contribution is 2.41. The Labute approximate surface area is 387 Å². The quantitative estimate of drug-likeness (QED) is 0.209. The van der Waals surface area contributed by atoms with E-state index >= 15 is 0 Å². The summed E-state index contributed by atoms with van der Waals surface area (Å²) in [7, 11) is 8.83. The number of hydrogen-bond acceptors (Lipinski definition) is 15. The van der Waals surface area contributed by atoms with Crippen molar-refractivity contribution in [3.8, 4) is 0 Å². The summed E-state index contributed by atoms with van der Waals surface area (Å²) < 4.78 is 51.0. The molecular formula is C49H81N3O13. The minimum absolute atomic E-state index is 0.151. The fourth-order valence-corrected chi connectivity index (χ4v) is 10.3. The minimum Gasteiger partial charge on any atom is -0.493 e. The molecule has 0 saturated carbocycles. The number of nitrogens with one attached hydrogen (secondary N) is 1. The van der Waals surface area contributed by atoms with Crippen molar-refractivity contribution in [3.05, 3.63) is 41.5 Å². The highest BCUT2D eigenvalue weighted by atomic mass is 16.7. The van der Waals surface area contributed by atoms with Gasteiger partial charge >= 0.3 is 5.97 Å². The number of carbonyl (C=O) groups excluding carboxylic acids is 2. The van der Waals surface area contributed by atoms with Gasteiger partial charge in [0.25, 0.3) is 0 Å². The number of cyclic esters (lactones) is 1. The zero-order chi connectivity index (χ0) is 48.0. The van der Waals surface area contributed by atoms with Gasteiger partial charge in [0.1, 0.15) is 24.1 Å². The van der Waals surface area contributed by atoms with Crippen molar-refractivity contribution in [3.63, 3.8) is 0 Å². The summed E-state index contributed by atoms with van der Waals surface area (Å²) in [6.07, 6.45) is -3.85. The van der Waals surface area contributed by atoms with Crippen LogP contribution in [0.15, 0.2) is 30.3 Å². The predicted octanol–water partition coefficient (Wildman–Crippen LogP) is 3.90. The van der Waals surface area contributed by atoms with Gasteiger partial charge in [-0.25, -0.2) is 0 Å². The van der Waals surface area contributed by atoms with E-state index < -0.39 is 84.3 Å². The number of methoxy groups -OCH3 is 2. The van der Waals surface area contributed by atoms with Crippen molar-refractivity contribution in [1.29, 1.82) is 0 Å². The molecule has 17 atom stereocenters. The normalized spacial score (nSPS) is 40.4. The average molecular weight is 920 g/mol. The number of carbonyl (C=O) groups is 2. The van der Waals surface area contributed by atoms with Crippen LogP contribution in [0.25, 0.3) is 5.76 Å². The molecule has 1 aromatic carbocycles. The van der Waals surface area contributed by atoms with E-state index in [1.54, 1.807) is 27.9 Å². The number of ether oxygens (including phenoxy) is 8. The van der Waals surface area contributed by atoms with E-state index in [0.717, 1.165) is 23.3 Å². The van der Waals surface area contributed by atoms with Crippen LogP contribution in [0, 0.1) is 17.8 Å². The van der Waals surface area contributed by atoms with Crippen LogP contribution >= 0.6 is 0 Å². The average Bonchev–Trinajstić information content (AvgIpc) is 3.81. The second-order valence-corrected chi connectivity index (χ2v) is 19.9. The Kier molecular flexibility index (Phi) is 18.9. The molecule has 0 radical (unpaired) electrons. The first-order valence-corrected chi connectivity index (χ1v) is 23.6. The van der Waals surface area contributed by atoms with Gasteiger partial charge in [-0.15, -0.1) is 0 Å². The smallest absolute Gasteiger partial charge is 0.311 e. The first kappa shape index (κ1) is 53.2. The van der Waals surface area contributed by atoms with Gasteiger partial charge in [-0.2, -0.15) is 0 Å². The topological polar surface area (TPSA) is 187 Å². The first-order chi connectivity index (χ1) is 30.6. The summed E-state index contributed by atoms with van der Waals surface area (Å²) in [6, 6.07) is 7.07. The molecule has 5 rings (SSSR count). The second-order valence-electron chi connectivity index (χ2n) is 19.9. The Morgan fingerprint density at radius 3 is 2.29 bits per heavy atom. The van der Waals surface area contributed by atoms with Crippen LogP contribution in [-0.2, 0) is 53.9 Å². The Morgan fingerprint density at radius 1 is 0.954 bits per heavy atom. The largest absolute Gasteiger partial charge is 0.493 e. The minimum atomic E-state index is -1.12. The third-order valence-corrected chi connectivity index (χ3v) is 14.7. The van der Waals surface area contributed by atoms with Crippen LogP contribution < -0.4 is 5.32 Å². The molecule has 370 valence electrons. The van der Waals surface area contributed by atoms with Gasteiger partial charge in [0.05, 0.1) is 60.7 Å². The van der Waals surface area contributed by atoms with Crippen molar-refractivity contribution in [2.24, 2.45) is 17.8 Å². The van der Waals surface area contributed by atoms with E-state index in [1.165, 1.54) is 7.11 Å². The third-order valence-electron chi connectivity index (χ3n) is 14.7. The molecule has 0 aromatic heterocycles. The lowest BCUT2D eigenvalue weighted by molar-refractivity contribution is -0.319. The number of benzene rings is 1. The Hall–Kier alpha value is -2.74. The summed E-state index contributed by atoms with van der Waals surface area (Å²) in [4.78, 5) is 32.1. The number of hydrogen-bond donors (Lipinski definition) is 4. The highest BCUT2D eigenvalue weighted by molar-refractivity contribution is 5.80. The number of aliphatic hydroxyl groups is 3. The van der Waals surface area contributed by atoms with Gasteiger partial charge in [-0.1, -0.05) is 38.1 Å². The molecule has 65 heavy (non-hydrogen) atoms. The van der Waals surface area contributed by atoms with Crippen molar-refractivity contribution >= 4 is 17.6 Å². The van der Waals surface area contributed by atoms with Crippen LogP contribution in [0.3, 0.4) is 0 Å². The summed E-state index contributed by atoms with van der Waals surface area (Å²) in [6.45, 7) is 16.1. The lowest BCUT2D eigenvalue weighted by Crippen LogP contribution is -2.61. The van der Waals surface area contributed by atoms with Crippen LogP contribution in [0.1, 0.15) is 98.6 Å². The molecule has 1 unspecified atom stereocenters. The molecule has 16 heteroatoms. The maximum absolute atomic E-state index is 14.7. The van der Waals surface area contributed by atoms with Crippen LogP contribution in [0.4, 0.5) is 0 Å². The second kappa shape index (κ2) is 23.0. The van der Waals surface area contributed by atoms with E-state index in [1.807, 2.05) is 95.9 Å². The maximum Gasteiger partial charge on any atom is 0.311 e. The molecule has 3 saturated heterocycles. The number of rotatable bonds is 13. The summed E-state index contributed by atoms with van der Waals surface area (Å²) in [5.74, 6) is -1.85. The SMILES string of the molecule is CO[C@]1(C)C[C@@H](C)[C@H](O)[C@H](C)N(C)C[C@@H](CCNC(=O)Cc2ccccc2C2=CCCO2)OC(=O)[C@H](C)[C@@H](OC2C[C@@](C)(OC)[C@@H](O)[C@H](C)O2)[C@H](C)[C@H]1O[C@@H]1O[C@H](C)C[C@H](N(C)C)[C@H]1O. The lowest BCUT2D eigenvalue weighted by Gasteiger charge is -2.50. The van der Waals surface area contributed by atoms with E-state index in [0.29, 0.717) is 25.9 Å². The van der Waals surface area contributed by atoms with Crippen molar-refractivity contribution in [2.75, 3.05) is 55.1 Å². The number of esters is 1. The van der Waals surface area contributed by atoms with Crippen LogP contribution in [-0.4, -0.2) is 177 Å². The Balaban J connectivity index is 1.48. The first-order valence-electron chi connectivity index (χ1n) is 23.6. The van der Waals surface area contributed by atoms with Crippen molar-refractivity contribution in [2.45, 2.75) is 179 Å². The molecule has 3 fully saturated rings. The molecule has 4 aliphatic heterocycles. The van der Waals surface area contributed by atoms with Crippen LogP contribution in [0.5, 0.6) is 0 Å². The van der Waals surface area contributed by atoms with Gasteiger partial charge < -0.3 is 63.4 Å². The number of aliphatic hydroxyl groups excluding tert-OH is 3. The monoisotopic (exact) mass is 920 g/mol. The van der Waals surface area contributed by atoms with Gasteiger partial charge in [0.2, 0.25) is 5.91 Å². The molecule has 4 heterocycles. The lowest BCUT2D eigenvalue weighted by atomic mass is 9.76. The van der Waals surface area contributed by atoms with E-state index in [9.17, 15) is 24.9 Å². The molecule has 16 nitrogen and oxygen atoms in total. The van der Waals surface area contributed by atoms with Gasteiger partial charge in [0, 0.05) is 70.1 Å². The molecule has 1 aromatic rings. The molecule has 4 N–H and O–H groups in total. The fraction of sp³-hybridized carbons (Fsp3) is 0.796. The molecule has 0 bridgehead atoms. The van der Waals surface area contributed by atoms with E-state index in [4.69, 9.17) is 37.9 Å².